The van der Waals surface area contributed by atoms with E-state index in [2.05, 4.69) is 20.7 Å². The molecule has 2 fully saturated rings. The number of aromatic nitrogens is 3. The minimum Gasteiger partial charge on any atom is -0.324 e. The highest BCUT2D eigenvalue weighted by Crippen LogP contribution is 2.44. The molecule has 0 aromatic carbocycles. The molecule has 1 aliphatic carbocycles. The van der Waals surface area contributed by atoms with Crippen molar-refractivity contribution < 1.29 is 4.79 Å². The van der Waals surface area contributed by atoms with Crippen LogP contribution in [0.1, 0.15) is 25.7 Å². The molecule has 1 aliphatic heterocycles. The van der Waals surface area contributed by atoms with Gasteiger partial charge in [-0.05, 0) is 43.5 Å². The maximum Gasteiger partial charge on any atom is 0.232 e. The molecule has 1 saturated carbocycles. The molecule has 25 heavy (non-hydrogen) atoms. The standard InChI is InChI=1S/C17H21N5O.2ClH/c23-16(17-7-2-1-4-13(17)10-18-12-17)21-14-5-6-15(19-11-14)22-9-3-8-20-22;;/h3,5-6,8-9,11,13,18H,1-2,4,7,10,12H2,(H,21,23);2*1H/t13-,17+;;/m0../s1. The fourth-order valence-electron chi connectivity index (χ4n) is 3.95. The van der Waals surface area contributed by atoms with Crippen LogP contribution in [0, 0.1) is 11.3 Å². The van der Waals surface area contributed by atoms with Gasteiger partial charge < -0.3 is 10.6 Å². The van der Waals surface area contributed by atoms with Crippen LogP contribution in [0.15, 0.2) is 36.8 Å². The quantitative estimate of drug-likeness (QED) is 0.854. The summed E-state index contributed by atoms with van der Waals surface area (Å²) in [6.07, 6.45) is 9.77. The molecule has 1 amide bonds. The summed E-state index contributed by atoms with van der Waals surface area (Å²) in [5, 5.41) is 10.6. The molecule has 0 bridgehead atoms. The second-order valence-electron chi connectivity index (χ2n) is 6.54. The van der Waals surface area contributed by atoms with Gasteiger partial charge in [0.1, 0.15) is 0 Å². The first-order valence-corrected chi connectivity index (χ1v) is 8.26. The normalized spacial score (nSPS) is 24.6. The third-order valence-electron chi connectivity index (χ3n) is 5.24. The van der Waals surface area contributed by atoms with Crippen LogP contribution in [-0.2, 0) is 4.79 Å². The van der Waals surface area contributed by atoms with Crippen molar-refractivity contribution in [1.29, 1.82) is 0 Å². The zero-order valence-electron chi connectivity index (χ0n) is 13.9. The van der Waals surface area contributed by atoms with E-state index >= 15 is 0 Å². The van der Waals surface area contributed by atoms with Crippen molar-refractivity contribution in [2.45, 2.75) is 25.7 Å². The lowest BCUT2D eigenvalue weighted by Crippen LogP contribution is -2.44. The molecule has 1 saturated heterocycles. The van der Waals surface area contributed by atoms with Crippen molar-refractivity contribution in [2.75, 3.05) is 18.4 Å². The highest BCUT2D eigenvalue weighted by molar-refractivity contribution is 5.96. The van der Waals surface area contributed by atoms with Crippen molar-refractivity contribution in [2.24, 2.45) is 11.3 Å². The summed E-state index contributed by atoms with van der Waals surface area (Å²) in [5.41, 5.74) is 0.510. The smallest absolute Gasteiger partial charge is 0.232 e. The Morgan fingerprint density at radius 3 is 2.92 bits per heavy atom. The molecule has 8 heteroatoms. The van der Waals surface area contributed by atoms with Gasteiger partial charge >= 0.3 is 0 Å². The number of anilines is 1. The van der Waals surface area contributed by atoms with Gasteiger partial charge in [0.2, 0.25) is 5.91 Å². The Morgan fingerprint density at radius 2 is 2.20 bits per heavy atom. The Balaban J connectivity index is 0.00000113. The number of halogens is 2. The lowest BCUT2D eigenvalue weighted by atomic mass is 9.67. The monoisotopic (exact) mass is 383 g/mol. The van der Waals surface area contributed by atoms with E-state index in [9.17, 15) is 4.79 Å². The van der Waals surface area contributed by atoms with E-state index in [1.807, 2.05) is 24.4 Å². The maximum atomic E-state index is 12.9. The molecule has 2 N–H and O–H groups in total. The first-order chi connectivity index (χ1) is 11.3. The summed E-state index contributed by atoms with van der Waals surface area (Å²) in [4.78, 5) is 17.3. The molecule has 0 spiro atoms. The molecule has 0 radical (unpaired) electrons. The molecule has 3 heterocycles. The number of hydrogen-bond acceptors (Lipinski definition) is 4. The molecule has 2 aliphatic rings. The average molecular weight is 384 g/mol. The number of nitrogens with one attached hydrogen (secondary N) is 2. The van der Waals surface area contributed by atoms with Gasteiger partial charge in [-0.3, -0.25) is 4.79 Å². The second-order valence-corrected chi connectivity index (χ2v) is 6.54. The van der Waals surface area contributed by atoms with Crippen LogP contribution in [0.25, 0.3) is 5.82 Å². The van der Waals surface area contributed by atoms with Gasteiger partial charge in [0.05, 0.1) is 17.3 Å². The number of carbonyl (C=O) groups is 1. The minimum atomic E-state index is -0.237. The highest BCUT2D eigenvalue weighted by Gasteiger charge is 2.49. The van der Waals surface area contributed by atoms with E-state index in [0.29, 0.717) is 5.92 Å². The van der Waals surface area contributed by atoms with Crippen molar-refractivity contribution in [3.05, 3.63) is 36.8 Å². The fourth-order valence-corrected chi connectivity index (χ4v) is 3.95. The number of nitrogens with zero attached hydrogens (tertiary/aromatic N) is 3. The molecular weight excluding hydrogens is 361 g/mol. The Hall–Kier alpha value is -1.63. The molecule has 4 rings (SSSR count). The van der Waals surface area contributed by atoms with E-state index < -0.39 is 0 Å². The molecule has 2 aromatic heterocycles. The van der Waals surface area contributed by atoms with Crippen LogP contribution < -0.4 is 10.6 Å². The number of pyridine rings is 1. The predicted octanol–water partition coefficient (Wildman–Crippen LogP) is 2.83. The molecule has 2 aromatic rings. The van der Waals surface area contributed by atoms with Crippen LogP contribution in [0.2, 0.25) is 0 Å². The van der Waals surface area contributed by atoms with Gasteiger partial charge in [-0.2, -0.15) is 5.10 Å². The topological polar surface area (TPSA) is 71.8 Å². The summed E-state index contributed by atoms with van der Waals surface area (Å²) in [6.45, 7) is 1.76. The van der Waals surface area contributed by atoms with Crippen LogP contribution >= 0.6 is 24.8 Å². The molecular formula is C17H23Cl2N5O. The number of hydrogen-bond donors (Lipinski definition) is 2. The SMILES string of the molecule is Cl.Cl.O=C(Nc1ccc(-n2cccn2)nc1)[C@@]12CCCC[C@H]1CNC2. The maximum absolute atomic E-state index is 12.9. The van der Waals surface area contributed by atoms with Gasteiger partial charge in [-0.25, -0.2) is 9.67 Å². The molecule has 2 atom stereocenters. The van der Waals surface area contributed by atoms with E-state index in [1.165, 1.54) is 6.42 Å². The van der Waals surface area contributed by atoms with E-state index in [1.54, 1.807) is 17.1 Å². The van der Waals surface area contributed by atoms with Gasteiger partial charge in [0, 0.05) is 18.9 Å². The van der Waals surface area contributed by atoms with Gasteiger partial charge in [0.15, 0.2) is 5.82 Å². The number of amides is 1. The average Bonchev–Trinajstić information content (AvgIpc) is 3.25. The Morgan fingerprint density at radius 1 is 1.32 bits per heavy atom. The van der Waals surface area contributed by atoms with Crippen LogP contribution in [0.3, 0.4) is 0 Å². The first kappa shape index (κ1) is 19.7. The second kappa shape index (κ2) is 8.17. The van der Waals surface area contributed by atoms with Crippen LogP contribution in [-0.4, -0.2) is 33.8 Å². The van der Waals surface area contributed by atoms with Crippen molar-refractivity contribution >= 4 is 36.4 Å². The van der Waals surface area contributed by atoms with Crippen molar-refractivity contribution in [1.82, 2.24) is 20.1 Å². The molecule has 0 unspecified atom stereocenters. The van der Waals surface area contributed by atoms with E-state index in [4.69, 9.17) is 0 Å². The third-order valence-corrected chi connectivity index (χ3v) is 5.24. The minimum absolute atomic E-state index is 0. The summed E-state index contributed by atoms with van der Waals surface area (Å²) in [5.74, 6) is 1.35. The Bertz CT molecular complexity index is 692. The highest BCUT2D eigenvalue weighted by atomic mass is 35.5. The molecule has 6 nitrogen and oxygen atoms in total. The van der Waals surface area contributed by atoms with E-state index in [-0.39, 0.29) is 36.1 Å². The van der Waals surface area contributed by atoms with Gasteiger partial charge in [0.25, 0.3) is 0 Å². The van der Waals surface area contributed by atoms with Gasteiger partial charge in [-0.1, -0.05) is 12.8 Å². The Labute approximate surface area is 159 Å². The van der Waals surface area contributed by atoms with E-state index in [0.717, 1.165) is 43.9 Å². The fraction of sp³-hybridized carbons (Fsp3) is 0.471. The predicted molar refractivity (Wildman–Crippen MR) is 102 cm³/mol. The van der Waals surface area contributed by atoms with Crippen LogP contribution in [0.4, 0.5) is 5.69 Å². The number of carbonyl (C=O) groups excluding carboxylic acids is 1. The van der Waals surface area contributed by atoms with Crippen molar-refractivity contribution in [3.63, 3.8) is 0 Å². The van der Waals surface area contributed by atoms with Crippen LogP contribution in [0.5, 0.6) is 0 Å². The van der Waals surface area contributed by atoms with Crippen molar-refractivity contribution in [3.8, 4) is 5.82 Å². The van der Waals surface area contributed by atoms with Gasteiger partial charge in [-0.15, -0.1) is 24.8 Å². The largest absolute Gasteiger partial charge is 0.324 e. The zero-order chi connectivity index (χ0) is 15.7. The summed E-state index contributed by atoms with van der Waals surface area (Å²) in [6, 6.07) is 5.61. The lowest BCUT2D eigenvalue weighted by Gasteiger charge is -2.37. The zero-order valence-corrected chi connectivity index (χ0v) is 15.5. The first-order valence-electron chi connectivity index (χ1n) is 8.26. The third kappa shape index (κ3) is 3.66. The molecule has 136 valence electrons. The summed E-state index contributed by atoms with van der Waals surface area (Å²) in [7, 11) is 0. The summed E-state index contributed by atoms with van der Waals surface area (Å²) >= 11 is 0. The number of fused-ring (bicyclic) bond motifs is 1. The lowest BCUT2D eigenvalue weighted by molar-refractivity contribution is -0.128. The number of rotatable bonds is 3. The summed E-state index contributed by atoms with van der Waals surface area (Å²) < 4.78 is 1.70. The Kier molecular flexibility index (Phi) is 6.43.